The first kappa shape index (κ1) is 8.18. The molecule has 13 heavy (non-hydrogen) atoms. The molecule has 0 aliphatic carbocycles. The largest absolute Gasteiger partial charge is 0.298 e. The molecular weight excluding hydrogens is 197 g/mol. The first-order valence-corrected chi connectivity index (χ1v) is 4.83. The van der Waals surface area contributed by atoms with E-state index in [4.69, 9.17) is 0 Å². The van der Waals surface area contributed by atoms with Gasteiger partial charge in [-0.3, -0.25) is 4.79 Å². The van der Waals surface area contributed by atoms with E-state index in [1.807, 2.05) is 0 Å². The van der Waals surface area contributed by atoms with Crippen molar-refractivity contribution >= 4 is 15.9 Å². The highest BCUT2D eigenvalue weighted by molar-refractivity contribution is 7.90. The molecule has 68 valence electrons. The van der Waals surface area contributed by atoms with Crippen molar-refractivity contribution < 1.29 is 17.7 Å². The van der Waals surface area contributed by atoms with Crippen LogP contribution < -0.4 is 0 Å². The molecule has 0 saturated carbocycles. The van der Waals surface area contributed by atoms with E-state index < -0.39 is 20.5 Å². The molecule has 0 atom stereocenters. The number of halogens is 1. The molecule has 0 unspecified atom stereocenters. The second-order valence-corrected chi connectivity index (χ2v) is 4.23. The third-order valence-corrected chi connectivity index (χ3v) is 3.27. The Bertz CT molecular complexity index is 482. The number of hydrogen-bond acceptors (Lipinski definition) is 3. The molecule has 0 aromatic heterocycles. The lowest BCUT2D eigenvalue weighted by molar-refractivity contribution is 0.0610. The Hall–Kier alpha value is -1.43. The molecule has 0 N–H and O–H groups in total. The number of fused-ring (bicyclic) bond motifs is 1. The fourth-order valence-corrected chi connectivity index (χ4v) is 2.33. The molecule has 1 amide bonds. The van der Waals surface area contributed by atoms with E-state index >= 15 is 0 Å². The van der Waals surface area contributed by atoms with E-state index in [9.17, 15) is 17.7 Å². The van der Waals surface area contributed by atoms with Gasteiger partial charge in [0, 0.05) is 0 Å². The number of benzene rings is 1. The molecule has 0 fully saturated rings. The van der Waals surface area contributed by atoms with Gasteiger partial charge in [-0.25, -0.2) is 0 Å². The SMILES string of the molecule is O=C1c2ccccc2S(=O)(=O)N1F. The predicted molar refractivity (Wildman–Crippen MR) is 40.9 cm³/mol. The van der Waals surface area contributed by atoms with Crippen molar-refractivity contribution in [1.82, 2.24) is 4.53 Å². The van der Waals surface area contributed by atoms with Crippen molar-refractivity contribution in [1.29, 1.82) is 0 Å². The van der Waals surface area contributed by atoms with Crippen LogP contribution in [0.1, 0.15) is 10.4 Å². The maximum Gasteiger partial charge on any atom is 0.298 e. The Morgan fingerprint density at radius 1 is 1.23 bits per heavy atom. The first-order valence-electron chi connectivity index (χ1n) is 3.39. The second-order valence-electron chi connectivity index (χ2n) is 2.52. The number of sulfonamides is 1. The number of rotatable bonds is 0. The summed E-state index contributed by atoms with van der Waals surface area (Å²) in [6, 6.07) is 5.38. The molecule has 0 saturated heterocycles. The highest BCUT2D eigenvalue weighted by Gasteiger charge is 2.41. The molecule has 1 aromatic rings. The van der Waals surface area contributed by atoms with Crippen LogP contribution in [-0.2, 0) is 10.0 Å². The minimum Gasteiger partial charge on any atom is -0.265 e. The maximum atomic E-state index is 12.8. The Morgan fingerprint density at radius 3 is 2.46 bits per heavy atom. The van der Waals surface area contributed by atoms with E-state index in [1.165, 1.54) is 24.3 Å². The predicted octanol–water partition coefficient (Wildman–Crippen LogP) is 0.716. The van der Waals surface area contributed by atoms with Crippen LogP contribution in [-0.4, -0.2) is 18.9 Å². The molecule has 2 rings (SSSR count). The molecule has 1 aromatic carbocycles. The molecule has 1 heterocycles. The van der Waals surface area contributed by atoms with Crippen LogP contribution in [0, 0.1) is 0 Å². The van der Waals surface area contributed by atoms with E-state index in [1.54, 1.807) is 0 Å². The summed E-state index contributed by atoms with van der Waals surface area (Å²) in [5, 5.41) is 0. The summed E-state index contributed by atoms with van der Waals surface area (Å²) in [6.07, 6.45) is 0. The fraction of sp³-hybridized carbons (Fsp3) is 0. The van der Waals surface area contributed by atoms with Gasteiger partial charge in [0.25, 0.3) is 15.9 Å². The fourth-order valence-electron chi connectivity index (χ4n) is 1.16. The number of carbonyl (C=O) groups is 1. The summed E-state index contributed by atoms with van der Waals surface area (Å²) in [5.41, 5.74) is -0.120. The van der Waals surface area contributed by atoms with E-state index in [0.29, 0.717) is 0 Å². The lowest BCUT2D eigenvalue weighted by Gasteiger charge is -1.98. The molecule has 1 aliphatic rings. The molecule has 6 heteroatoms. The van der Waals surface area contributed by atoms with Crippen molar-refractivity contribution in [3.8, 4) is 0 Å². The minimum absolute atomic E-state index is 0.120. The van der Waals surface area contributed by atoms with Crippen molar-refractivity contribution in [2.45, 2.75) is 4.90 Å². The number of hydrogen-bond donors (Lipinski definition) is 0. The zero-order valence-corrected chi connectivity index (χ0v) is 7.08. The number of amides is 1. The van der Waals surface area contributed by atoms with Gasteiger partial charge in [-0.2, -0.15) is 8.42 Å². The van der Waals surface area contributed by atoms with Crippen LogP contribution in [0.4, 0.5) is 4.48 Å². The van der Waals surface area contributed by atoms with E-state index in [0.717, 1.165) is 0 Å². The lowest BCUT2D eigenvalue weighted by Crippen LogP contribution is -2.20. The molecule has 0 spiro atoms. The Labute approximate surface area is 73.6 Å². The molecule has 0 bridgehead atoms. The highest BCUT2D eigenvalue weighted by Crippen LogP contribution is 2.29. The Kier molecular flexibility index (Phi) is 1.44. The zero-order valence-electron chi connectivity index (χ0n) is 6.27. The van der Waals surface area contributed by atoms with Gasteiger partial charge >= 0.3 is 0 Å². The summed E-state index contributed by atoms with van der Waals surface area (Å²) in [5.74, 6) is -1.13. The van der Waals surface area contributed by atoms with Crippen molar-refractivity contribution in [2.75, 3.05) is 0 Å². The van der Waals surface area contributed by atoms with Crippen LogP contribution in [0.25, 0.3) is 0 Å². The monoisotopic (exact) mass is 201 g/mol. The van der Waals surface area contributed by atoms with Crippen molar-refractivity contribution in [2.24, 2.45) is 0 Å². The Morgan fingerprint density at radius 2 is 1.85 bits per heavy atom. The third kappa shape index (κ3) is 0.888. The Balaban J connectivity index is 2.83. The van der Waals surface area contributed by atoms with Crippen LogP contribution in [0.3, 0.4) is 0 Å². The average Bonchev–Trinajstić information content (AvgIpc) is 2.30. The second kappa shape index (κ2) is 2.29. The summed E-state index contributed by atoms with van der Waals surface area (Å²) in [7, 11) is -4.22. The number of nitrogens with zero attached hydrogens (tertiary/aromatic N) is 1. The van der Waals surface area contributed by atoms with Gasteiger partial charge in [-0.05, 0) is 12.1 Å². The van der Waals surface area contributed by atoms with E-state index in [2.05, 4.69) is 0 Å². The highest BCUT2D eigenvalue weighted by atomic mass is 32.2. The van der Waals surface area contributed by atoms with Crippen molar-refractivity contribution in [3.05, 3.63) is 29.8 Å². The molecular formula is C7H4FNO3S. The first-order chi connectivity index (χ1) is 6.05. The molecule has 0 radical (unpaired) electrons. The minimum atomic E-state index is -4.22. The van der Waals surface area contributed by atoms with Crippen LogP contribution in [0.15, 0.2) is 29.2 Å². The van der Waals surface area contributed by atoms with Crippen LogP contribution >= 0.6 is 0 Å². The molecule has 1 aliphatic heterocycles. The van der Waals surface area contributed by atoms with Gasteiger partial charge in [0.05, 0.1) is 5.56 Å². The third-order valence-electron chi connectivity index (χ3n) is 1.77. The summed E-state index contributed by atoms with van der Waals surface area (Å²) >= 11 is 0. The van der Waals surface area contributed by atoms with Gasteiger partial charge in [0.15, 0.2) is 0 Å². The average molecular weight is 201 g/mol. The van der Waals surface area contributed by atoms with Gasteiger partial charge in [0.1, 0.15) is 4.90 Å². The lowest BCUT2D eigenvalue weighted by atomic mass is 10.2. The summed E-state index contributed by atoms with van der Waals surface area (Å²) in [4.78, 5) is 10.7. The topological polar surface area (TPSA) is 54.5 Å². The summed E-state index contributed by atoms with van der Waals surface area (Å²) in [6.45, 7) is 0. The quantitative estimate of drug-likeness (QED) is 0.581. The maximum absolute atomic E-state index is 12.8. The normalized spacial score (nSPS) is 18.8. The smallest absolute Gasteiger partial charge is 0.265 e. The van der Waals surface area contributed by atoms with Gasteiger partial charge in [-0.15, -0.1) is 0 Å². The summed E-state index contributed by atoms with van der Waals surface area (Å²) < 4.78 is 34.3. The van der Waals surface area contributed by atoms with E-state index in [-0.39, 0.29) is 10.5 Å². The van der Waals surface area contributed by atoms with Crippen molar-refractivity contribution in [3.63, 3.8) is 0 Å². The van der Waals surface area contributed by atoms with Crippen LogP contribution in [0.5, 0.6) is 0 Å². The van der Waals surface area contributed by atoms with Crippen LogP contribution in [0.2, 0.25) is 0 Å². The standard InChI is InChI=1S/C7H4FNO3S/c8-9-7(10)5-3-1-2-4-6(5)13(9,11)12/h1-4H. The van der Waals surface area contributed by atoms with Gasteiger partial charge < -0.3 is 0 Å². The zero-order chi connectivity index (χ0) is 9.64. The van der Waals surface area contributed by atoms with Gasteiger partial charge in [-0.1, -0.05) is 21.1 Å². The van der Waals surface area contributed by atoms with Gasteiger partial charge in [0.2, 0.25) is 0 Å². The molecule has 4 nitrogen and oxygen atoms in total. The number of carbonyl (C=O) groups excluding carboxylic acids is 1.